The molecule has 2 aromatic rings. The van der Waals surface area contributed by atoms with Crippen molar-refractivity contribution in [1.29, 1.82) is 0 Å². The van der Waals surface area contributed by atoms with Gasteiger partial charge in [0, 0.05) is 30.2 Å². The smallest absolute Gasteiger partial charge is 0.340 e. The number of sulfone groups is 1. The number of hydrogen-bond donors (Lipinski definition) is 1. The summed E-state index contributed by atoms with van der Waals surface area (Å²) in [5.41, 5.74) is -1.12. The lowest BCUT2D eigenvalue weighted by Crippen LogP contribution is -2.53. The molecule has 1 saturated carbocycles. The van der Waals surface area contributed by atoms with Crippen LogP contribution in [0.3, 0.4) is 0 Å². The van der Waals surface area contributed by atoms with Gasteiger partial charge in [-0.05, 0) is 82.8 Å². The Kier molecular flexibility index (Phi) is 8.94. The van der Waals surface area contributed by atoms with Crippen LogP contribution in [0.2, 0.25) is 0 Å². The molecule has 0 aromatic heterocycles. The summed E-state index contributed by atoms with van der Waals surface area (Å²) in [7, 11) is -1.59. The second-order valence-corrected chi connectivity index (χ2v) is 13.1. The number of amides is 2. The highest BCUT2D eigenvalue weighted by molar-refractivity contribution is 7.91. The van der Waals surface area contributed by atoms with E-state index in [4.69, 9.17) is 0 Å². The van der Waals surface area contributed by atoms with Crippen LogP contribution in [0.15, 0.2) is 59.5 Å². The third-order valence-corrected chi connectivity index (χ3v) is 10.1. The molecule has 7 nitrogen and oxygen atoms in total. The zero-order chi connectivity index (χ0) is 29.2. The molecule has 40 heavy (non-hydrogen) atoms. The first kappa shape index (κ1) is 30.0. The average Bonchev–Trinajstić information content (AvgIpc) is 3.27. The van der Waals surface area contributed by atoms with Gasteiger partial charge in [-0.3, -0.25) is 9.59 Å². The van der Waals surface area contributed by atoms with Crippen LogP contribution in [0.5, 0.6) is 0 Å². The lowest BCUT2D eigenvalue weighted by atomic mass is 9.81. The van der Waals surface area contributed by atoms with Gasteiger partial charge >= 0.3 is 6.18 Å². The summed E-state index contributed by atoms with van der Waals surface area (Å²) < 4.78 is 66.0. The summed E-state index contributed by atoms with van der Waals surface area (Å²) in [6, 6.07) is 11.6. The summed E-state index contributed by atoms with van der Waals surface area (Å²) in [6.07, 6.45) is -2.26. The highest BCUT2D eigenvalue weighted by Crippen LogP contribution is 2.36. The van der Waals surface area contributed by atoms with Crippen LogP contribution in [0, 0.1) is 5.92 Å². The second-order valence-electron chi connectivity index (χ2n) is 11.1. The van der Waals surface area contributed by atoms with Crippen LogP contribution < -0.4 is 5.32 Å². The van der Waals surface area contributed by atoms with E-state index >= 15 is 0 Å². The van der Waals surface area contributed by atoms with Gasteiger partial charge in [0.25, 0.3) is 5.91 Å². The van der Waals surface area contributed by atoms with E-state index in [0.717, 1.165) is 24.6 Å². The van der Waals surface area contributed by atoms with Crippen LogP contribution in [0.1, 0.15) is 55.5 Å². The van der Waals surface area contributed by atoms with E-state index in [1.54, 1.807) is 35.2 Å². The third-order valence-electron chi connectivity index (χ3n) is 8.24. The summed E-state index contributed by atoms with van der Waals surface area (Å²) in [4.78, 5) is 30.4. The molecule has 11 heteroatoms. The van der Waals surface area contributed by atoms with E-state index in [0.29, 0.717) is 25.8 Å². The summed E-state index contributed by atoms with van der Waals surface area (Å²) in [5, 5.41) is 2.60. The van der Waals surface area contributed by atoms with Crippen LogP contribution in [-0.4, -0.2) is 73.5 Å². The fourth-order valence-electron chi connectivity index (χ4n) is 5.85. The molecule has 2 amide bonds. The standard InChI is InChI=1S/C29H36F3N3O4S/c1-19(2)34(3)23-12-13-26(21(17-23)18-40(38,39)24-10-5-4-6-11-24)35-15-14-25(28(35)37)33-27(36)20-8-7-9-22(16-20)29(30,31)32/h4-11,16,19,21,23,25-26H,12-15,17-18H2,1-3H3,(H,33,36)/t21-,23-,25+,26+/m1/s1. The summed E-state index contributed by atoms with van der Waals surface area (Å²) >= 11 is 0. The van der Waals surface area contributed by atoms with Gasteiger partial charge in [0.15, 0.2) is 9.84 Å². The van der Waals surface area contributed by atoms with Crippen LogP contribution in [0.4, 0.5) is 13.2 Å². The third kappa shape index (κ3) is 6.68. The number of hydrogen-bond acceptors (Lipinski definition) is 5. The van der Waals surface area contributed by atoms with Crippen molar-refractivity contribution < 1.29 is 31.2 Å². The number of alkyl halides is 3. The van der Waals surface area contributed by atoms with Crippen molar-refractivity contribution in [3.63, 3.8) is 0 Å². The molecule has 4 rings (SSSR count). The Morgan fingerprint density at radius 2 is 1.77 bits per heavy atom. The van der Waals surface area contributed by atoms with Crippen molar-refractivity contribution in [2.24, 2.45) is 5.92 Å². The van der Waals surface area contributed by atoms with Crippen LogP contribution in [-0.2, 0) is 20.8 Å². The zero-order valence-corrected chi connectivity index (χ0v) is 23.7. The Balaban J connectivity index is 1.51. The Bertz CT molecular complexity index is 1320. The van der Waals surface area contributed by atoms with Gasteiger partial charge in [-0.15, -0.1) is 0 Å². The predicted molar refractivity (Wildman–Crippen MR) is 145 cm³/mol. The number of carbonyl (C=O) groups is 2. The molecule has 0 radical (unpaired) electrons. The van der Waals surface area contributed by atoms with Crippen molar-refractivity contribution in [3.05, 3.63) is 65.7 Å². The Hall–Kier alpha value is -2.92. The van der Waals surface area contributed by atoms with E-state index in [9.17, 15) is 31.2 Å². The van der Waals surface area contributed by atoms with Crippen molar-refractivity contribution in [1.82, 2.24) is 15.1 Å². The van der Waals surface area contributed by atoms with Crippen molar-refractivity contribution in [2.75, 3.05) is 19.3 Å². The molecule has 1 aliphatic carbocycles. The molecule has 2 aliphatic rings. The van der Waals surface area contributed by atoms with Crippen LogP contribution in [0.25, 0.3) is 0 Å². The van der Waals surface area contributed by atoms with Gasteiger partial charge < -0.3 is 15.1 Å². The number of nitrogens with one attached hydrogen (secondary N) is 1. The molecule has 0 spiro atoms. The van der Waals surface area contributed by atoms with Crippen molar-refractivity contribution >= 4 is 21.7 Å². The fraction of sp³-hybridized carbons (Fsp3) is 0.517. The summed E-state index contributed by atoms with van der Waals surface area (Å²) in [5.74, 6) is -1.50. The first-order chi connectivity index (χ1) is 18.8. The normalized spacial score (nSPS) is 24.1. The molecular weight excluding hydrogens is 543 g/mol. The minimum absolute atomic E-state index is 0.102. The quantitative estimate of drug-likeness (QED) is 0.502. The molecule has 2 aromatic carbocycles. The second kappa shape index (κ2) is 11.9. The minimum Gasteiger partial charge on any atom is -0.340 e. The lowest BCUT2D eigenvalue weighted by molar-refractivity contribution is -0.137. The fourth-order valence-corrected chi connectivity index (χ4v) is 7.54. The molecule has 1 N–H and O–H groups in total. The molecule has 1 saturated heterocycles. The Labute approximate surface area is 233 Å². The van der Waals surface area contributed by atoms with Crippen molar-refractivity contribution in [2.45, 2.75) is 74.8 Å². The van der Waals surface area contributed by atoms with Gasteiger partial charge in [-0.2, -0.15) is 13.2 Å². The number of halogens is 3. The molecule has 1 heterocycles. The predicted octanol–water partition coefficient (Wildman–Crippen LogP) is 4.39. The highest BCUT2D eigenvalue weighted by Gasteiger charge is 2.44. The van der Waals surface area contributed by atoms with E-state index in [2.05, 4.69) is 24.1 Å². The number of carbonyl (C=O) groups excluding carboxylic acids is 2. The van der Waals surface area contributed by atoms with E-state index in [1.807, 2.05) is 7.05 Å². The van der Waals surface area contributed by atoms with Gasteiger partial charge in [0.05, 0.1) is 16.2 Å². The van der Waals surface area contributed by atoms with Gasteiger partial charge in [0.2, 0.25) is 5.91 Å². The van der Waals surface area contributed by atoms with Gasteiger partial charge in [0.1, 0.15) is 6.04 Å². The summed E-state index contributed by atoms with van der Waals surface area (Å²) in [6.45, 7) is 4.51. The Morgan fingerprint density at radius 3 is 2.42 bits per heavy atom. The first-order valence-corrected chi connectivity index (χ1v) is 15.2. The maximum Gasteiger partial charge on any atom is 0.416 e. The Morgan fingerprint density at radius 1 is 1.07 bits per heavy atom. The number of likely N-dealkylation sites (tertiary alicyclic amines) is 1. The molecular formula is C29H36F3N3O4S. The lowest BCUT2D eigenvalue weighted by Gasteiger charge is -2.44. The number of rotatable bonds is 8. The first-order valence-electron chi connectivity index (χ1n) is 13.6. The SMILES string of the molecule is CC(C)N(C)[C@@H]1CC[C@H](N2CC[C@H](NC(=O)c3cccc(C(F)(F)F)c3)C2=O)[C@@H](CS(=O)(=O)c2ccccc2)C1. The molecule has 1 aliphatic heterocycles. The maximum absolute atomic E-state index is 13.5. The minimum atomic E-state index is -4.59. The average molecular weight is 580 g/mol. The van der Waals surface area contributed by atoms with E-state index in [1.165, 1.54) is 6.07 Å². The largest absolute Gasteiger partial charge is 0.416 e. The van der Waals surface area contributed by atoms with Crippen molar-refractivity contribution in [3.8, 4) is 0 Å². The number of nitrogens with zero attached hydrogens (tertiary/aromatic N) is 2. The monoisotopic (exact) mass is 579 g/mol. The molecule has 4 atom stereocenters. The maximum atomic E-state index is 13.5. The molecule has 218 valence electrons. The number of benzene rings is 2. The van der Waals surface area contributed by atoms with E-state index in [-0.39, 0.29) is 46.2 Å². The molecule has 0 unspecified atom stereocenters. The molecule has 0 bridgehead atoms. The topological polar surface area (TPSA) is 86.8 Å². The van der Waals surface area contributed by atoms with Gasteiger partial charge in [-0.1, -0.05) is 24.3 Å². The van der Waals surface area contributed by atoms with Crippen LogP contribution >= 0.6 is 0 Å². The van der Waals surface area contributed by atoms with E-state index < -0.39 is 33.5 Å². The van der Waals surface area contributed by atoms with Gasteiger partial charge in [-0.25, -0.2) is 8.42 Å². The zero-order valence-electron chi connectivity index (χ0n) is 22.9. The highest BCUT2D eigenvalue weighted by atomic mass is 32.2. The molecule has 2 fully saturated rings.